The molecule has 2 N–H and O–H groups in total. The number of halogens is 2. The van der Waals surface area contributed by atoms with Crippen molar-refractivity contribution in [3.8, 4) is 0 Å². The zero-order chi connectivity index (χ0) is 9.84. The highest BCUT2D eigenvalue weighted by atomic mass is 79.9. The second-order valence-electron chi connectivity index (χ2n) is 2.66. The lowest BCUT2D eigenvalue weighted by Gasteiger charge is -2.02. The van der Waals surface area contributed by atoms with Gasteiger partial charge in [-0.05, 0) is 17.7 Å². The molecule has 0 heterocycles. The minimum atomic E-state index is -0.00998. The Morgan fingerprint density at radius 3 is 2.77 bits per heavy atom. The largest absolute Gasteiger partial charge is 0.324 e. The summed E-state index contributed by atoms with van der Waals surface area (Å²) < 4.78 is 0.904. The van der Waals surface area contributed by atoms with Crippen LogP contribution in [-0.4, -0.2) is 12.3 Å². The maximum atomic E-state index is 11.0. The number of hydrogen-bond acceptors (Lipinski definition) is 2. The van der Waals surface area contributed by atoms with Gasteiger partial charge in [-0.3, -0.25) is 4.79 Å². The maximum absolute atomic E-state index is 11.0. The monoisotopic (exact) mass is 261 g/mol. The van der Waals surface area contributed by atoms with E-state index in [1.807, 2.05) is 12.1 Å². The fraction of sp³-hybridized carbons (Fsp3) is 0.222. The molecule has 2 nitrogen and oxygen atoms in total. The number of hydrogen-bond donors (Lipinski definition) is 1. The standard InChI is InChI=1S/C9H9BrClNO/c10-7-2-1-6(9(11)4-7)3-8(13)5-12/h1-2,4H,3,5,12H2. The fourth-order valence-electron chi connectivity index (χ4n) is 0.950. The van der Waals surface area contributed by atoms with Gasteiger partial charge in [0.1, 0.15) is 0 Å². The van der Waals surface area contributed by atoms with Crippen molar-refractivity contribution in [2.24, 2.45) is 5.73 Å². The Kier molecular flexibility index (Phi) is 3.90. The van der Waals surface area contributed by atoms with E-state index >= 15 is 0 Å². The molecule has 0 fully saturated rings. The smallest absolute Gasteiger partial charge is 0.150 e. The predicted molar refractivity (Wildman–Crippen MR) is 56.9 cm³/mol. The Labute approximate surface area is 90.2 Å². The first-order valence-electron chi connectivity index (χ1n) is 3.79. The molecule has 0 unspecified atom stereocenters. The third-order valence-electron chi connectivity index (χ3n) is 1.63. The predicted octanol–water partition coefficient (Wildman–Crippen LogP) is 2.17. The van der Waals surface area contributed by atoms with Crippen LogP contribution in [0.3, 0.4) is 0 Å². The topological polar surface area (TPSA) is 43.1 Å². The molecule has 0 amide bonds. The summed E-state index contributed by atoms with van der Waals surface area (Å²) in [5, 5.41) is 0.594. The molecule has 1 aromatic rings. The van der Waals surface area contributed by atoms with E-state index in [0.717, 1.165) is 10.0 Å². The van der Waals surface area contributed by atoms with Crippen LogP contribution in [0.4, 0.5) is 0 Å². The molecular weight excluding hydrogens is 253 g/mol. The number of carbonyl (C=O) groups excluding carboxylic acids is 1. The third-order valence-corrected chi connectivity index (χ3v) is 2.48. The normalized spacial score (nSPS) is 10.1. The summed E-state index contributed by atoms with van der Waals surface area (Å²) in [6.45, 7) is 0.0619. The van der Waals surface area contributed by atoms with Crippen LogP contribution in [0.25, 0.3) is 0 Å². The van der Waals surface area contributed by atoms with E-state index in [9.17, 15) is 4.79 Å². The van der Waals surface area contributed by atoms with Gasteiger partial charge < -0.3 is 5.73 Å². The van der Waals surface area contributed by atoms with Gasteiger partial charge in [-0.15, -0.1) is 0 Å². The lowest BCUT2D eigenvalue weighted by Crippen LogP contribution is -2.15. The van der Waals surface area contributed by atoms with Crippen molar-refractivity contribution >= 4 is 33.3 Å². The number of nitrogens with two attached hydrogens (primary N) is 1. The first-order chi connectivity index (χ1) is 6.13. The molecule has 0 aromatic heterocycles. The van der Waals surface area contributed by atoms with Gasteiger partial charge in [-0.1, -0.05) is 33.6 Å². The molecule has 0 saturated carbocycles. The Hall–Kier alpha value is -0.380. The van der Waals surface area contributed by atoms with Crippen molar-refractivity contribution in [1.29, 1.82) is 0 Å². The highest BCUT2D eigenvalue weighted by Crippen LogP contribution is 2.21. The van der Waals surface area contributed by atoms with Gasteiger partial charge in [0.15, 0.2) is 5.78 Å². The molecule has 0 atom stereocenters. The Morgan fingerprint density at radius 1 is 1.54 bits per heavy atom. The summed E-state index contributed by atoms with van der Waals surface area (Å²) in [5.41, 5.74) is 6.02. The average molecular weight is 263 g/mol. The molecule has 70 valence electrons. The van der Waals surface area contributed by atoms with Crippen LogP contribution in [-0.2, 0) is 11.2 Å². The quantitative estimate of drug-likeness (QED) is 0.907. The maximum Gasteiger partial charge on any atom is 0.150 e. The molecule has 0 radical (unpaired) electrons. The molecule has 0 spiro atoms. The molecule has 0 bridgehead atoms. The van der Waals surface area contributed by atoms with Crippen LogP contribution in [0, 0.1) is 0 Å². The summed E-state index contributed by atoms with van der Waals surface area (Å²) in [7, 11) is 0. The summed E-state index contributed by atoms with van der Waals surface area (Å²) in [5.74, 6) is -0.00998. The lowest BCUT2D eigenvalue weighted by atomic mass is 10.1. The summed E-state index contributed by atoms with van der Waals surface area (Å²) in [4.78, 5) is 11.0. The van der Waals surface area contributed by atoms with Crippen LogP contribution in [0.2, 0.25) is 5.02 Å². The van der Waals surface area contributed by atoms with Crippen LogP contribution in [0.1, 0.15) is 5.56 Å². The highest BCUT2D eigenvalue weighted by molar-refractivity contribution is 9.10. The number of rotatable bonds is 3. The molecule has 4 heteroatoms. The summed E-state index contributed by atoms with van der Waals surface area (Å²) in [6.07, 6.45) is 0.308. The zero-order valence-electron chi connectivity index (χ0n) is 6.89. The van der Waals surface area contributed by atoms with Gasteiger partial charge in [0.25, 0.3) is 0 Å². The Balaban J connectivity index is 2.83. The van der Waals surface area contributed by atoms with Crippen molar-refractivity contribution in [2.45, 2.75) is 6.42 Å². The molecule has 0 aliphatic carbocycles. The van der Waals surface area contributed by atoms with Gasteiger partial charge in [0.05, 0.1) is 6.54 Å². The van der Waals surface area contributed by atoms with Gasteiger partial charge in [-0.2, -0.15) is 0 Å². The highest BCUT2D eigenvalue weighted by Gasteiger charge is 2.05. The van der Waals surface area contributed by atoms with E-state index in [1.165, 1.54) is 0 Å². The van der Waals surface area contributed by atoms with E-state index in [-0.39, 0.29) is 12.3 Å². The second kappa shape index (κ2) is 4.74. The second-order valence-corrected chi connectivity index (χ2v) is 3.98. The number of Topliss-reactive ketones (excluding diaryl/α,β-unsaturated/α-hetero) is 1. The van der Waals surface area contributed by atoms with Gasteiger partial charge in [0.2, 0.25) is 0 Å². The fourth-order valence-corrected chi connectivity index (χ4v) is 1.69. The van der Waals surface area contributed by atoms with Crippen molar-refractivity contribution < 1.29 is 4.79 Å². The molecule has 0 saturated heterocycles. The van der Waals surface area contributed by atoms with Gasteiger partial charge >= 0.3 is 0 Å². The number of benzene rings is 1. The van der Waals surface area contributed by atoms with Crippen molar-refractivity contribution in [3.63, 3.8) is 0 Å². The number of carbonyl (C=O) groups is 1. The SMILES string of the molecule is NCC(=O)Cc1ccc(Br)cc1Cl. The van der Waals surface area contributed by atoms with Crippen LogP contribution < -0.4 is 5.73 Å². The molecule has 1 aromatic carbocycles. The first kappa shape index (κ1) is 10.7. The average Bonchev–Trinajstić information content (AvgIpc) is 2.09. The molecular formula is C9H9BrClNO. The lowest BCUT2D eigenvalue weighted by molar-refractivity contribution is -0.117. The Bertz CT molecular complexity index is 327. The van der Waals surface area contributed by atoms with Crippen molar-refractivity contribution in [1.82, 2.24) is 0 Å². The molecule has 0 aliphatic heterocycles. The van der Waals surface area contributed by atoms with Crippen molar-refractivity contribution in [3.05, 3.63) is 33.3 Å². The van der Waals surface area contributed by atoms with Crippen LogP contribution in [0.15, 0.2) is 22.7 Å². The van der Waals surface area contributed by atoms with E-state index in [1.54, 1.807) is 6.07 Å². The minimum Gasteiger partial charge on any atom is -0.324 e. The van der Waals surface area contributed by atoms with Gasteiger partial charge in [-0.25, -0.2) is 0 Å². The molecule has 0 aliphatic rings. The zero-order valence-corrected chi connectivity index (χ0v) is 9.23. The van der Waals surface area contributed by atoms with E-state index < -0.39 is 0 Å². The van der Waals surface area contributed by atoms with E-state index in [4.69, 9.17) is 17.3 Å². The number of ketones is 1. The van der Waals surface area contributed by atoms with Crippen LogP contribution in [0.5, 0.6) is 0 Å². The summed E-state index contributed by atoms with van der Waals surface area (Å²) in [6, 6.07) is 5.44. The first-order valence-corrected chi connectivity index (χ1v) is 4.96. The minimum absolute atomic E-state index is 0.00998. The molecule has 1 rings (SSSR count). The Morgan fingerprint density at radius 2 is 2.23 bits per heavy atom. The van der Waals surface area contributed by atoms with E-state index in [0.29, 0.717) is 11.4 Å². The molecule has 13 heavy (non-hydrogen) atoms. The van der Waals surface area contributed by atoms with Gasteiger partial charge in [0, 0.05) is 15.9 Å². The third kappa shape index (κ3) is 3.10. The van der Waals surface area contributed by atoms with E-state index in [2.05, 4.69) is 15.9 Å². The van der Waals surface area contributed by atoms with Crippen molar-refractivity contribution in [2.75, 3.05) is 6.54 Å². The summed E-state index contributed by atoms with van der Waals surface area (Å²) >= 11 is 9.19. The van der Waals surface area contributed by atoms with Crippen LogP contribution >= 0.6 is 27.5 Å².